The van der Waals surface area contributed by atoms with Crippen molar-refractivity contribution in [2.24, 2.45) is 5.92 Å². The molecule has 3 rings (SSSR count). The largest absolute Gasteiger partial charge is 0.335 e. The number of hydrogen-bond donors (Lipinski definition) is 0. The summed E-state index contributed by atoms with van der Waals surface area (Å²) in [6.45, 7) is 11.6. The van der Waals surface area contributed by atoms with Crippen LogP contribution in [0.5, 0.6) is 0 Å². The Morgan fingerprint density at radius 2 is 2.05 bits per heavy atom. The molecule has 0 N–H and O–H groups in total. The number of aromatic nitrogens is 1. The first-order valence-electron chi connectivity index (χ1n) is 7.11. The van der Waals surface area contributed by atoms with E-state index >= 15 is 0 Å². The average Bonchev–Trinajstić information content (AvgIpc) is 3.31. The molecule has 0 spiro atoms. The van der Waals surface area contributed by atoms with E-state index in [2.05, 4.69) is 14.7 Å². The van der Waals surface area contributed by atoms with Gasteiger partial charge in [-0.05, 0) is 24.8 Å². The zero-order chi connectivity index (χ0) is 13.9. The molecule has 1 amide bonds. The van der Waals surface area contributed by atoms with Gasteiger partial charge in [0.25, 0.3) is 5.91 Å². The summed E-state index contributed by atoms with van der Waals surface area (Å²) >= 11 is 0. The lowest BCUT2D eigenvalue weighted by Gasteiger charge is -2.34. The second-order valence-electron chi connectivity index (χ2n) is 5.55. The van der Waals surface area contributed by atoms with E-state index in [4.69, 9.17) is 6.57 Å². The third kappa shape index (κ3) is 2.97. The molecule has 1 saturated carbocycles. The summed E-state index contributed by atoms with van der Waals surface area (Å²) in [4.78, 5) is 24.0. The topological polar surface area (TPSA) is 40.8 Å². The van der Waals surface area contributed by atoms with Gasteiger partial charge in [-0.2, -0.15) is 0 Å². The zero-order valence-corrected chi connectivity index (χ0v) is 11.5. The van der Waals surface area contributed by atoms with Crippen molar-refractivity contribution in [1.29, 1.82) is 0 Å². The zero-order valence-electron chi connectivity index (χ0n) is 11.5. The van der Waals surface area contributed by atoms with Gasteiger partial charge in [0, 0.05) is 38.9 Å². The van der Waals surface area contributed by atoms with Crippen molar-refractivity contribution in [2.45, 2.75) is 12.8 Å². The standard InChI is InChI=1S/C15H18N4O/c1-16-13-4-5-14(17-10-13)15(20)19-8-6-18(7-9-19)11-12-2-3-12/h4-5,10,12H,2-3,6-9,11H2. The smallest absolute Gasteiger partial charge is 0.272 e. The van der Waals surface area contributed by atoms with Crippen LogP contribution in [-0.2, 0) is 0 Å². The minimum absolute atomic E-state index is 0.0207. The molecule has 1 aromatic heterocycles. The fraction of sp³-hybridized carbons (Fsp3) is 0.533. The molecule has 0 aromatic carbocycles. The Bertz CT molecular complexity index is 522. The molecule has 5 heteroatoms. The molecule has 1 aliphatic carbocycles. The highest BCUT2D eigenvalue weighted by atomic mass is 16.2. The van der Waals surface area contributed by atoms with Gasteiger partial charge in [0.1, 0.15) is 5.69 Å². The molecule has 1 aromatic rings. The van der Waals surface area contributed by atoms with Gasteiger partial charge in [0.2, 0.25) is 5.69 Å². The van der Waals surface area contributed by atoms with Crippen molar-refractivity contribution >= 4 is 11.6 Å². The number of piperazine rings is 1. The molecule has 0 atom stereocenters. The van der Waals surface area contributed by atoms with Crippen LogP contribution in [0.4, 0.5) is 5.69 Å². The Kier molecular flexibility index (Phi) is 3.66. The maximum Gasteiger partial charge on any atom is 0.272 e. The monoisotopic (exact) mass is 270 g/mol. The molecular weight excluding hydrogens is 252 g/mol. The third-order valence-electron chi connectivity index (χ3n) is 3.97. The number of nitrogens with zero attached hydrogens (tertiary/aromatic N) is 4. The van der Waals surface area contributed by atoms with Crippen LogP contribution in [0.2, 0.25) is 0 Å². The third-order valence-corrected chi connectivity index (χ3v) is 3.97. The molecule has 2 aliphatic rings. The highest BCUT2D eigenvalue weighted by Crippen LogP contribution is 2.29. The molecule has 2 fully saturated rings. The number of hydrogen-bond acceptors (Lipinski definition) is 3. The van der Waals surface area contributed by atoms with Crippen molar-refractivity contribution in [3.8, 4) is 0 Å². The van der Waals surface area contributed by atoms with E-state index in [-0.39, 0.29) is 5.91 Å². The van der Waals surface area contributed by atoms with Gasteiger partial charge >= 0.3 is 0 Å². The highest BCUT2D eigenvalue weighted by Gasteiger charge is 2.28. The van der Waals surface area contributed by atoms with Gasteiger partial charge in [-0.25, -0.2) is 4.85 Å². The Labute approximate surface area is 119 Å². The van der Waals surface area contributed by atoms with E-state index in [9.17, 15) is 4.79 Å². The van der Waals surface area contributed by atoms with E-state index in [0.717, 1.165) is 32.1 Å². The van der Waals surface area contributed by atoms with E-state index < -0.39 is 0 Å². The molecule has 1 aliphatic heterocycles. The predicted molar refractivity (Wildman–Crippen MR) is 75.6 cm³/mol. The fourth-order valence-electron chi connectivity index (χ4n) is 2.54. The van der Waals surface area contributed by atoms with E-state index in [0.29, 0.717) is 11.4 Å². The van der Waals surface area contributed by atoms with E-state index in [1.807, 2.05) is 4.90 Å². The molecule has 0 bridgehead atoms. The maximum absolute atomic E-state index is 12.3. The molecule has 0 unspecified atom stereocenters. The first kappa shape index (κ1) is 13.1. The second-order valence-corrected chi connectivity index (χ2v) is 5.55. The molecular formula is C15H18N4O. The van der Waals surface area contributed by atoms with Crippen LogP contribution in [0.25, 0.3) is 4.85 Å². The van der Waals surface area contributed by atoms with Gasteiger partial charge in [0.05, 0.1) is 6.57 Å². The first-order chi connectivity index (χ1) is 9.76. The molecule has 104 valence electrons. The van der Waals surface area contributed by atoms with Crippen LogP contribution in [0.15, 0.2) is 18.3 Å². The van der Waals surface area contributed by atoms with Crippen LogP contribution in [0, 0.1) is 12.5 Å². The fourth-order valence-corrected chi connectivity index (χ4v) is 2.54. The van der Waals surface area contributed by atoms with Crippen LogP contribution >= 0.6 is 0 Å². The number of amides is 1. The van der Waals surface area contributed by atoms with Gasteiger partial charge in [-0.15, -0.1) is 0 Å². The minimum Gasteiger partial charge on any atom is -0.335 e. The van der Waals surface area contributed by atoms with Crippen LogP contribution in [0.3, 0.4) is 0 Å². The Hall–Kier alpha value is -1.93. The molecule has 5 nitrogen and oxygen atoms in total. The lowest BCUT2D eigenvalue weighted by Crippen LogP contribution is -2.49. The van der Waals surface area contributed by atoms with Crippen molar-refractivity contribution in [3.63, 3.8) is 0 Å². The second kappa shape index (κ2) is 5.59. The van der Waals surface area contributed by atoms with Gasteiger partial charge < -0.3 is 4.90 Å². The van der Waals surface area contributed by atoms with Gasteiger partial charge in [-0.1, -0.05) is 6.07 Å². The summed E-state index contributed by atoms with van der Waals surface area (Å²) in [6, 6.07) is 3.29. The SMILES string of the molecule is [C-]#[N+]c1ccc(C(=O)N2CCN(CC3CC3)CC2)nc1. The van der Waals surface area contributed by atoms with E-state index in [1.54, 1.807) is 12.1 Å². The Morgan fingerprint density at radius 1 is 1.30 bits per heavy atom. The van der Waals surface area contributed by atoms with Crippen molar-refractivity contribution < 1.29 is 4.79 Å². The summed E-state index contributed by atoms with van der Waals surface area (Å²) in [5, 5.41) is 0. The summed E-state index contributed by atoms with van der Waals surface area (Å²) in [5.41, 5.74) is 0.906. The molecule has 2 heterocycles. The number of rotatable bonds is 3. The summed E-state index contributed by atoms with van der Waals surface area (Å²) < 4.78 is 0. The normalized spacial score (nSPS) is 19.6. The quantitative estimate of drug-likeness (QED) is 0.786. The van der Waals surface area contributed by atoms with Crippen molar-refractivity contribution in [2.75, 3.05) is 32.7 Å². The predicted octanol–water partition coefficient (Wildman–Crippen LogP) is 1.80. The number of pyridine rings is 1. The van der Waals surface area contributed by atoms with Crippen molar-refractivity contribution in [3.05, 3.63) is 35.4 Å². The summed E-state index contributed by atoms with van der Waals surface area (Å²) in [5.74, 6) is 0.882. The number of carbonyl (C=O) groups is 1. The van der Waals surface area contributed by atoms with Crippen LogP contribution in [0.1, 0.15) is 23.3 Å². The summed E-state index contributed by atoms with van der Waals surface area (Å²) in [6.07, 6.45) is 4.20. The first-order valence-corrected chi connectivity index (χ1v) is 7.11. The van der Waals surface area contributed by atoms with Crippen LogP contribution < -0.4 is 0 Å². The lowest BCUT2D eigenvalue weighted by atomic mass is 10.2. The molecule has 1 saturated heterocycles. The number of carbonyl (C=O) groups excluding carboxylic acids is 1. The van der Waals surface area contributed by atoms with Gasteiger partial charge in [0.15, 0.2) is 0 Å². The highest BCUT2D eigenvalue weighted by molar-refractivity contribution is 5.92. The molecule has 0 radical (unpaired) electrons. The maximum atomic E-state index is 12.3. The Balaban J connectivity index is 1.56. The molecule has 20 heavy (non-hydrogen) atoms. The average molecular weight is 270 g/mol. The Morgan fingerprint density at radius 3 is 2.60 bits per heavy atom. The van der Waals surface area contributed by atoms with Gasteiger partial charge in [-0.3, -0.25) is 14.7 Å². The lowest BCUT2D eigenvalue weighted by molar-refractivity contribution is 0.0626. The summed E-state index contributed by atoms with van der Waals surface area (Å²) in [7, 11) is 0. The minimum atomic E-state index is -0.0207. The van der Waals surface area contributed by atoms with Crippen molar-refractivity contribution in [1.82, 2.24) is 14.8 Å². The van der Waals surface area contributed by atoms with E-state index in [1.165, 1.54) is 25.6 Å². The van der Waals surface area contributed by atoms with Crippen LogP contribution in [-0.4, -0.2) is 53.4 Å².